The standard InChI is InChI=1S/C25H30Cl2N2O2S/c1-18(25(31)28-21-11-3-2-4-12-21)29(15-19-9-5-7-13-22(19)26)24(30)17-32-16-20-10-6-8-14-23(20)27/h5-10,13-14,18,21H,2-4,11-12,15-17H2,1H3,(H,28,31)/t18-/m0/s1. The molecule has 0 spiro atoms. The first-order valence-electron chi connectivity index (χ1n) is 11.1. The van der Waals surface area contributed by atoms with E-state index in [-0.39, 0.29) is 23.6 Å². The SMILES string of the molecule is C[C@@H](C(=O)NC1CCCCC1)N(Cc1ccccc1Cl)C(=O)CSCc1ccccc1Cl. The molecule has 1 aliphatic carbocycles. The number of halogens is 2. The van der Waals surface area contributed by atoms with Gasteiger partial charge in [-0.05, 0) is 43.0 Å². The molecule has 0 saturated heterocycles. The van der Waals surface area contributed by atoms with Crippen molar-refractivity contribution in [3.8, 4) is 0 Å². The van der Waals surface area contributed by atoms with Crippen LogP contribution in [0.4, 0.5) is 0 Å². The van der Waals surface area contributed by atoms with Crippen LogP contribution in [0.25, 0.3) is 0 Å². The number of nitrogens with zero attached hydrogens (tertiary/aromatic N) is 1. The van der Waals surface area contributed by atoms with Crippen LogP contribution >= 0.6 is 35.0 Å². The molecule has 0 aromatic heterocycles. The van der Waals surface area contributed by atoms with Gasteiger partial charge >= 0.3 is 0 Å². The molecular weight excluding hydrogens is 463 g/mol. The molecule has 1 N–H and O–H groups in total. The van der Waals surface area contributed by atoms with E-state index in [1.807, 2.05) is 42.5 Å². The summed E-state index contributed by atoms with van der Waals surface area (Å²) < 4.78 is 0. The van der Waals surface area contributed by atoms with Crippen LogP contribution in [0, 0.1) is 0 Å². The van der Waals surface area contributed by atoms with Gasteiger partial charge in [-0.15, -0.1) is 11.8 Å². The lowest BCUT2D eigenvalue weighted by atomic mass is 9.95. The maximum absolute atomic E-state index is 13.2. The number of hydrogen-bond donors (Lipinski definition) is 1. The number of hydrogen-bond acceptors (Lipinski definition) is 3. The number of thioether (sulfide) groups is 1. The molecule has 1 fully saturated rings. The van der Waals surface area contributed by atoms with Crippen molar-refractivity contribution in [2.45, 2.75) is 63.4 Å². The number of carbonyl (C=O) groups is 2. The third-order valence-electron chi connectivity index (χ3n) is 5.86. The highest BCUT2D eigenvalue weighted by Gasteiger charge is 2.28. The van der Waals surface area contributed by atoms with Crippen LogP contribution in [0.1, 0.15) is 50.2 Å². The van der Waals surface area contributed by atoms with E-state index in [1.165, 1.54) is 18.2 Å². The Hall–Kier alpha value is -1.69. The van der Waals surface area contributed by atoms with Crippen LogP contribution < -0.4 is 5.32 Å². The maximum Gasteiger partial charge on any atom is 0.242 e. The summed E-state index contributed by atoms with van der Waals surface area (Å²) in [4.78, 5) is 27.9. The minimum Gasteiger partial charge on any atom is -0.352 e. The Bertz CT molecular complexity index is 918. The van der Waals surface area contributed by atoms with E-state index in [0.717, 1.165) is 36.8 Å². The van der Waals surface area contributed by atoms with Crippen LogP contribution in [-0.2, 0) is 21.9 Å². The lowest BCUT2D eigenvalue weighted by Crippen LogP contribution is -2.50. The third kappa shape index (κ3) is 7.16. The molecule has 7 heteroatoms. The van der Waals surface area contributed by atoms with Gasteiger partial charge in [-0.3, -0.25) is 9.59 Å². The number of benzene rings is 2. The second-order valence-electron chi connectivity index (χ2n) is 8.22. The smallest absolute Gasteiger partial charge is 0.242 e. The highest BCUT2D eigenvalue weighted by atomic mass is 35.5. The Kier molecular flexibility index (Phi) is 9.76. The van der Waals surface area contributed by atoms with Gasteiger partial charge < -0.3 is 10.2 Å². The van der Waals surface area contributed by atoms with Gasteiger partial charge in [0, 0.05) is 28.4 Å². The molecule has 1 aliphatic rings. The van der Waals surface area contributed by atoms with Crippen molar-refractivity contribution in [3.05, 3.63) is 69.7 Å². The fraction of sp³-hybridized carbons (Fsp3) is 0.440. The Labute approximate surface area is 205 Å². The van der Waals surface area contributed by atoms with E-state index in [2.05, 4.69) is 5.32 Å². The highest BCUT2D eigenvalue weighted by Crippen LogP contribution is 2.23. The van der Waals surface area contributed by atoms with Gasteiger partial charge in [-0.25, -0.2) is 0 Å². The average Bonchev–Trinajstić information content (AvgIpc) is 2.80. The zero-order valence-corrected chi connectivity index (χ0v) is 20.7. The molecule has 0 aliphatic heterocycles. The van der Waals surface area contributed by atoms with Gasteiger partial charge in [0.1, 0.15) is 6.04 Å². The second kappa shape index (κ2) is 12.5. The summed E-state index contributed by atoms with van der Waals surface area (Å²) in [5, 5.41) is 4.44. The van der Waals surface area contributed by atoms with Crippen LogP contribution in [0.15, 0.2) is 48.5 Å². The molecule has 1 saturated carbocycles. The minimum absolute atomic E-state index is 0.0896. The lowest BCUT2D eigenvalue weighted by molar-refractivity contribution is -0.139. The fourth-order valence-electron chi connectivity index (χ4n) is 3.91. The van der Waals surface area contributed by atoms with Crippen molar-refractivity contribution in [2.24, 2.45) is 0 Å². The van der Waals surface area contributed by atoms with Gasteiger partial charge in [-0.1, -0.05) is 78.9 Å². The molecule has 0 unspecified atom stereocenters. The fourth-order valence-corrected chi connectivity index (χ4v) is 5.30. The van der Waals surface area contributed by atoms with Crippen LogP contribution in [-0.4, -0.2) is 34.6 Å². The first-order valence-corrected chi connectivity index (χ1v) is 13.0. The number of carbonyl (C=O) groups excluding carboxylic acids is 2. The van der Waals surface area contributed by atoms with Gasteiger partial charge in [0.05, 0.1) is 5.75 Å². The van der Waals surface area contributed by atoms with Crippen LogP contribution in [0.5, 0.6) is 0 Å². The molecule has 2 aromatic carbocycles. The van der Waals surface area contributed by atoms with Gasteiger partial charge in [-0.2, -0.15) is 0 Å². The molecule has 2 amide bonds. The van der Waals surface area contributed by atoms with Crippen LogP contribution in [0.2, 0.25) is 10.0 Å². The quantitative estimate of drug-likeness (QED) is 0.460. The number of amides is 2. The molecule has 2 aromatic rings. The summed E-state index contributed by atoms with van der Waals surface area (Å²) in [6, 6.07) is 14.7. The Morgan fingerprint density at radius 3 is 2.22 bits per heavy atom. The van der Waals surface area contributed by atoms with Gasteiger partial charge in [0.25, 0.3) is 0 Å². The predicted octanol–water partition coefficient (Wildman–Crippen LogP) is 6.09. The topological polar surface area (TPSA) is 49.4 Å². The Morgan fingerprint density at radius 1 is 1.00 bits per heavy atom. The molecule has 172 valence electrons. The summed E-state index contributed by atoms with van der Waals surface area (Å²) in [6.45, 7) is 2.09. The first kappa shape index (κ1) is 24.9. The van der Waals surface area contributed by atoms with E-state index in [9.17, 15) is 9.59 Å². The Morgan fingerprint density at radius 2 is 1.59 bits per heavy atom. The van der Waals surface area contributed by atoms with Crippen molar-refractivity contribution in [2.75, 3.05) is 5.75 Å². The largest absolute Gasteiger partial charge is 0.352 e. The highest BCUT2D eigenvalue weighted by molar-refractivity contribution is 7.99. The molecule has 3 rings (SSSR count). The second-order valence-corrected chi connectivity index (χ2v) is 10.0. The van der Waals surface area contributed by atoms with Gasteiger partial charge in [0.15, 0.2) is 0 Å². The first-order chi connectivity index (χ1) is 15.5. The molecular formula is C25H30Cl2N2O2S. The number of nitrogens with one attached hydrogen (secondary N) is 1. The molecule has 32 heavy (non-hydrogen) atoms. The summed E-state index contributed by atoms with van der Waals surface area (Å²) in [5.74, 6) is 0.701. The van der Waals surface area contributed by atoms with E-state index in [4.69, 9.17) is 23.2 Å². The van der Waals surface area contributed by atoms with Crippen molar-refractivity contribution in [1.82, 2.24) is 10.2 Å². The van der Waals surface area contributed by atoms with E-state index < -0.39 is 6.04 Å². The van der Waals surface area contributed by atoms with E-state index >= 15 is 0 Å². The zero-order valence-electron chi connectivity index (χ0n) is 18.4. The number of rotatable bonds is 9. The van der Waals surface area contributed by atoms with Crippen molar-refractivity contribution < 1.29 is 9.59 Å². The zero-order chi connectivity index (χ0) is 22.9. The molecule has 0 bridgehead atoms. The van der Waals surface area contributed by atoms with E-state index in [0.29, 0.717) is 22.3 Å². The van der Waals surface area contributed by atoms with Gasteiger partial charge in [0.2, 0.25) is 11.8 Å². The molecule has 1 atom stereocenters. The minimum atomic E-state index is -0.582. The third-order valence-corrected chi connectivity index (χ3v) is 7.56. The van der Waals surface area contributed by atoms with Crippen molar-refractivity contribution in [3.63, 3.8) is 0 Å². The monoisotopic (exact) mass is 492 g/mol. The van der Waals surface area contributed by atoms with Crippen LogP contribution in [0.3, 0.4) is 0 Å². The lowest BCUT2D eigenvalue weighted by Gasteiger charge is -2.31. The summed E-state index contributed by atoms with van der Waals surface area (Å²) >= 11 is 14.1. The summed E-state index contributed by atoms with van der Waals surface area (Å²) in [7, 11) is 0. The normalized spacial score (nSPS) is 15.2. The predicted molar refractivity (Wildman–Crippen MR) is 134 cm³/mol. The molecule has 4 nitrogen and oxygen atoms in total. The molecule has 0 radical (unpaired) electrons. The van der Waals surface area contributed by atoms with Crippen molar-refractivity contribution >= 4 is 46.8 Å². The summed E-state index contributed by atoms with van der Waals surface area (Å²) in [6.07, 6.45) is 5.51. The summed E-state index contributed by atoms with van der Waals surface area (Å²) in [5.41, 5.74) is 1.82. The maximum atomic E-state index is 13.2. The van der Waals surface area contributed by atoms with E-state index in [1.54, 1.807) is 17.9 Å². The Balaban J connectivity index is 1.67. The average molecular weight is 494 g/mol. The van der Waals surface area contributed by atoms with Crippen molar-refractivity contribution in [1.29, 1.82) is 0 Å². The molecule has 0 heterocycles.